The van der Waals surface area contributed by atoms with Gasteiger partial charge in [-0.15, -0.1) is 0 Å². The third-order valence-corrected chi connectivity index (χ3v) is 12.6. The van der Waals surface area contributed by atoms with Crippen LogP contribution in [0.3, 0.4) is 0 Å². The van der Waals surface area contributed by atoms with E-state index in [0.717, 1.165) is 0 Å². The van der Waals surface area contributed by atoms with Crippen LogP contribution in [-0.4, -0.2) is 17.7 Å². The van der Waals surface area contributed by atoms with Crippen LogP contribution in [0, 0.1) is 5.92 Å². The number of rotatable bonds is 14. The highest BCUT2D eigenvalue weighted by Crippen LogP contribution is 2.50. The van der Waals surface area contributed by atoms with Gasteiger partial charge in [-0.2, -0.15) is 13.4 Å². The minimum atomic E-state index is -1.19. The van der Waals surface area contributed by atoms with Crippen LogP contribution in [0.15, 0.2) is 273 Å². The normalized spacial score (nSPS) is 11.8. The van der Waals surface area contributed by atoms with Crippen molar-refractivity contribution >= 4 is 68.9 Å². The lowest BCUT2D eigenvalue weighted by molar-refractivity contribution is -0.138. The molecule has 0 aromatic heterocycles. The molecule has 9 aromatic carbocycles. The zero-order valence-electron chi connectivity index (χ0n) is 36.5. The Morgan fingerprint density at radius 2 is 0.394 bits per heavy atom. The van der Waals surface area contributed by atoms with Gasteiger partial charge >= 0.3 is 17.7 Å². The number of benzene rings is 9. The number of amides is 3. The standard InChI is InChI=1S/C60H50N3O3/c64-58(61(49-28-10-1-11-29-49,50-30-12-2-13-31-50)51-32-14-3-15-33-51)46-48(60(66)63(55-40-22-7-23-41-55,56-42-24-8-25-43-56)57-44-26-9-27-45-57)47-59(65)62(52-34-16-4-17-35-52,53-36-18-5-19-37-53)54-38-20-6-21-39-54/h1-45,48H,46-47H2/q+3. The quantitative estimate of drug-likeness (QED) is 0.102. The van der Waals surface area contributed by atoms with E-state index < -0.39 is 5.92 Å². The second kappa shape index (κ2) is 19.3. The molecular formula is C60H50N3O3+3. The molecule has 0 heterocycles. The lowest BCUT2D eigenvalue weighted by atomic mass is 9.91. The average molecular weight is 861 g/mol. The molecular weight excluding hydrogens is 811 g/mol. The molecule has 3 amide bonds. The largest absolute Gasteiger partial charge is 0.333 e. The van der Waals surface area contributed by atoms with Crippen LogP contribution < -0.4 is 13.4 Å². The first-order valence-corrected chi connectivity index (χ1v) is 22.3. The fourth-order valence-corrected chi connectivity index (χ4v) is 9.67. The van der Waals surface area contributed by atoms with Gasteiger partial charge in [0.05, 0.1) is 12.8 Å². The van der Waals surface area contributed by atoms with Gasteiger partial charge in [-0.25, -0.2) is 14.4 Å². The van der Waals surface area contributed by atoms with Crippen LogP contribution in [0.1, 0.15) is 12.8 Å². The first-order valence-electron chi connectivity index (χ1n) is 22.3. The molecule has 0 saturated heterocycles. The van der Waals surface area contributed by atoms with Crippen molar-refractivity contribution in [2.75, 3.05) is 0 Å². The number of hydrogen-bond donors (Lipinski definition) is 0. The maximum absolute atomic E-state index is 17.0. The van der Waals surface area contributed by atoms with Gasteiger partial charge in [-0.05, 0) is 0 Å². The molecule has 320 valence electrons. The van der Waals surface area contributed by atoms with Crippen molar-refractivity contribution in [1.82, 2.24) is 13.4 Å². The molecule has 0 unspecified atom stereocenters. The van der Waals surface area contributed by atoms with Crippen molar-refractivity contribution in [3.63, 3.8) is 0 Å². The van der Waals surface area contributed by atoms with Gasteiger partial charge in [-0.3, -0.25) is 0 Å². The Morgan fingerprint density at radius 1 is 0.242 bits per heavy atom. The van der Waals surface area contributed by atoms with E-state index in [1.807, 2.05) is 273 Å². The summed E-state index contributed by atoms with van der Waals surface area (Å²) < 4.78 is -1.02. The van der Waals surface area contributed by atoms with Crippen molar-refractivity contribution < 1.29 is 14.4 Å². The van der Waals surface area contributed by atoms with E-state index in [0.29, 0.717) is 51.2 Å². The number of quaternary nitrogens is 3. The second-order valence-corrected chi connectivity index (χ2v) is 16.3. The van der Waals surface area contributed by atoms with Gasteiger partial charge in [0.25, 0.3) is 0 Å². The van der Waals surface area contributed by atoms with E-state index in [1.54, 1.807) is 0 Å². The third kappa shape index (κ3) is 7.69. The smallest absolute Gasteiger partial charge is 0.229 e. The molecule has 66 heavy (non-hydrogen) atoms. The summed E-state index contributed by atoms with van der Waals surface area (Å²) in [7, 11) is 0. The third-order valence-electron chi connectivity index (χ3n) is 12.6. The molecule has 0 bridgehead atoms. The summed E-state index contributed by atoms with van der Waals surface area (Å²) in [4.78, 5) is 49.9. The van der Waals surface area contributed by atoms with Crippen LogP contribution in [0.4, 0.5) is 51.2 Å². The van der Waals surface area contributed by atoms with Crippen LogP contribution in [0.2, 0.25) is 0 Å². The highest BCUT2D eigenvalue weighted by molar-refractivity contribution is 6.10. The highest BCUT2D eigenvalue weighted by Gasteiger charge is 2.55. The van der Waals surface area contributed by atoms with Gasteiger partial charge in [0, 0.05) is 109 Å². The van der Waals surface area contributed by atoms with E-state index in [4.69, 9.17) is 0 Å². The van der Waals surface area contributed by atoms with E-state index in [9.17, 15) is 0 Å². The predicted molar refractivity (Wildman–Crippen MR) is 269 cm³/mol. The molecule has 6 heteroatoms. The fraction of sp³-hybridized carbons (Fsp3) is 0.0500. The first kappa shape index (κ1) is 43.1. The van der Waals surface area contributed by atoms with Crippen LogP contribution in [-0.2, 0) is 14.4 Å². The van der Waals surface area contributed by atoms with Gasteiger partial charge in [0.1, 0.15) is 5.92 Å². The van der Waals surface area contributed by atoms with Crippen molar-refractivity contribution in [1.29, 1.82) is 0 Å². The van der Waals surface area contributed by atoms with Gasteiger partial charge in [-0.1, -0.05) is 164 Å². The number of carbonyl (C=O) groups is 3. The molecule has 0 radical (unpaired) electrons. The first-order chi connectivity index (χ1) is 32.5. The summed E-state index contributed by atoms with van der Waals surface area (Å²) in [6.07, 6.45) is -0.595. The molecule has 9 rings (SSSR count). The minimum absolute atomic E-state index is 0.269. The Bertz CT molecular complexity index is 2560. The summed E-state index contributed by atoms with van der Waals surface area (Å²) in [6.45, 7) is 0. The van der Waals surface area contributed by atoms with Crippen molar-refractivity contribution in [2.24, 2.45) is 5.92 Å². The Hall–Kier alpha value is -8.13. The van der Waals surface area contributed by atoms with Crippen LogP contribution in [0.25, 0.3) is 0 Å². The van der Waals surface area contributed by atoms with Gasteiger partial charge in [0.15, 0.2) is 51.2 Å². The summed E-state index contributed by atoms with van der Waals surface area (Å²) in [6, 6.07) is 87.4. The van der Waals surface area contributed by atoms with Gasteiger partial charge in [0.2, 0.25) is 0 Å². The van der Waals surface area contributed by atoms with E-state index in [2.05, 4.69) is 0 Å². The summed E-state index contributed by atoms with van der Waals surface area (Å²) in [5, 5.41) is 0. The summed E-state index contributed by atoms with van der Waals surface area (Å²) in [5.41, 5.74) is 6.25. The molecule has 6 nitrogen and oxygen atoms in total. The molecule has 0 saturated carbocycles. The Balaban J connectivity index is 1.33. The molecule has 0 N–H and O–H groups in total. The Labute approximate surface area is 386 Å². The van der Waals surface area contributed by atoms with E-state index in [-0.39, 0.29) is 44.0 Å². The maximum Gasteiger partial charge on any atom is 0.333 e. The number of para-hydroxylation sites is 9. The van der Waals surface area contributed by atoms with Crippen LogP contribution in [0.5, 0.6) is 0 Å². The molecule has 0 aliphatic rings. The number of hydrogen-bond acceptors (Lipinski definition) is 3. The van der Waals surface area contributed by atoms with Crippen molar-refractivity contribution in [2.45, 2.75) is 12.8 Å². The topological polar surface area (TPSA) is 51.2 Å². The Morgan fingerprint density at radius 3 is 0.561 bits per heavy atom. The summed E-state index contributed by atoms with van der Waals surface area (Å²) in [5.74, 6) is -2.05. The zero-order valence-corrected chi connectivity index (χ0v) is 36.5. The average Bonchev–Trinajstić information content (AvgIpc) is 3.40. The SMILES string of the molecule is O=C(CC(CC(=O)[N+](c1ccccc1)(c1ccccc1)c1ccccc1)C(=O)[N+](c1ccccc1)(c1ccccc1)c1ccccc1)[N+](c1ccccc1)(c1ccccc1)c1ccccc1. The van der Waals surface area contributed by atoms with E-state index in [1.165, 1.54) is 0 Å². The maximum atomic E-state index is 17.0. The minimum Gasteiger partial charge on any atom is -0.229 e. The molecule has 0 aliphatic heterocycles. The lowest BCUT2D eigenvalue weighted by Crippen LogP contribution is -2.53. The van der Waals surface area contributed by atoms with Crippen LogP contribution >= 0.6 is 0 Å². The number of carbonyl (C=O) groups excluding carboxylic acids is 3. The molecule has 0 atom stereocenters. The summed E-state index contributed by atoms with van der Waals surface area (Å²) >= 11 is 0. The molecule has 0 aliphatic carbocycles. The molecule has 9 aromatic rings. The van der Waals surface area contributed by atoms with Crippen molar-refractivity contribution in [3.8, 4) is 0 Å². The number of nitrogens with zero attached hydrogens (tertiary/aromatic N) is 3. The van der Waals surface area contributed by atoms with E-state index >= 15 is 14.4 Å². The van der Waals surface area contributed by atoms with Crippen molar-refractivity contribution in [3.05, 3.63) is 273 Å². The molecule has 0 fully saturated rings. The Kier molecular flexibility index (Phi) is 12.6. The highest BCUT2D eigenvalue weighted by atomic mass is 16.2. The van der Waals surface area contributed by atoms with Gasteiger partial charge < -0.3 is 0 Å². The fourth-order valence-electron chi connectivity index (χ4n) is 9.67. The lowest BCUT2D eigenvalue weighted by Gasteiger charge is -2.39. The second-order valence-electron chi connectivity index (χ2n) is 16.3. The predicted octanol–water partition coefficient (Wildman–Crippen LogP) is 15.0. The monoisotopic (exact) mass is 860 g/mol. The molecule has 0 spiro atoms. The zero-order chi connectivity index (χ0) is 45.2.